The van der Waals surface area contributed by atoms with Gasteiger partial charge in [0.05, 0.1) is 7.11 Å². The summed E-state index contributed by atoms with van der Waals surface area (Å²) in [6, 6.07) is 14.9. The van der Waals surface area contributed by atoms with E-state index in [1.54, 1.807) is 31.4 Å². The molecule has 0 atom stereocenters. The minimum absolute atomic E-state index is 0.0980. The molecule has 1 aliphatic carbocycles. The molecule has 2 aromatic rings. The molecule has 0 aromatic heterocycles. The van der Waals surface area contributed by atoms with Gasteiger partial charge in [0.15, 0.2) is 0 Å². The zero-order valence-electron chi connectivity index (χ0n) is 17.6. The lowest BCUT2D eigenvalue weighted by molar-refractivity contribution is 0.0882. The Morgan fingerprint density at radius 1 is 0.867 bits per heavy atom. The van der Waals surface area contributed by atoms with Crippen LogP contribution in [0, 0.1) is 0 Å². The van der Waals surface area contributed by atoms with Crippen LogP contribution in [0.2, 0.25) is 0 Å². The summed E-state index contributed by atoms with van der Waals surface area (Å²) >= 11 is 0. The van der Waals surface area contributed by atoms with Gasteiger partial charge in [-0.3, -0.25) is 14.5 Å². The van der Waals surface area contributed by atoms with Gasteiger partial charge in [-0.05, 0) is 38.1 Å². The van der Waals surface area contributed by atoms with E-state index in [1.165, 1.54) is 0 Å². The summed E-state index contributed by atoms with van der Waals surface area (Å²) in [5, 5.41) is 3.23. The monoisotopic (exact) mass is 405 g/mol. The topological polar surface area (TPSA) is 61.9 Å². The number of methoxy groups -OCH3 is 1. The van der Waals surface area contributed by atoms with Crippen molar-refractivity contribution in [3.8, 4) is 5.75 Å². The number of Topliss-reactive ketones (excluding diaryl/α,β-unsaturated/α-hetero) is 2. The third kappa shape index (κ3) is 3.71. The van der Waals surface area contributed by atoms with Gasteiger partial charge >= 0.3 is 0 Å². The Kier molecular flexibility index (Phi) is 5.59. The van der Waals surface area contributed by atoms with Crippen LogP contribution in [0.25, 0.3) is 0 Å². The molecule has 0 radical (unpaired) electrons. The molecule has 1 fully saturated rings. The predicted octanol–water partition coefficient (Wildman–Crippen LogP) is 3.42. The van der Waals surface area contributed by atoms with Crippen LogP contribution in [0.4, 0.5) is 5.69 Å². The summed E-state index contributed by atoms with van der Waals surface area (Å²) in [7, 11) is 1.61. The number of nitrogens with zero attached hydrogens (tertiary/aromatic N) is 2. The van der Waals surface area contributed by atoms with Gasteiger partial charge in [0.1, 0.15) is 17.1 Å². The zero-order chi connectivity index (χ0) is 21.3. The van der Waals surface area contributed by atoms with Crippen LogP contribution < -0.4 is 10.1 Å². The molecule has 0 unspecified atom stereocenters. The molecule has 1 heterocycles. The summed E-state index contributed by atoms with van der Waals surface area (Å²) in [6.07, 6.45) is 0. The number of ketones is 2. The van der Waals surface area contributed by atoms with Crippen molar-refractivity contribution in [2.75, 3.05) is 38.6 Å². The minimum atomic E-state index is -0.151. The second-order valence-corrected chi connectivity index (χ2v) is 7.90. The standard InChI is InChI=1S/C24H27N3O3/c1-16(2)26-12-14-27(15-13-26)22-21(25-17-8-10-18(30-3)11-9-17)23(28)19-6-4-5-7-20(19)24(22)29/h4-11,16,25H,12-15H2,1-3H3. The van der Waals surface area contributed by atoms with Crippen molar-refractivity contribution in [3.05, 3.63) is 71.1 Å². The SMILES string of the molecule is COc1ccc(NC2=C(N3CCN(C(C)C)CC3)C(=O)c3ccccc3C2=O)cc1. The Balaban J connectivity index is 1.72. The Morgan fingerprint density at radius 2 is 1.47 bits per heavy atom. The van der Waals surface area contributed by atoms with Gasteiger partial charge in [-0.2, -0.15) is 0 Å². The Labute approximate surface area is 177 Å². The van der Waals surface area contributed by atoms with Crippen LogP contribution in [0.3, 0.4) is 0 Å². The molecule has 6 nitrogen and oxygen atoms in total. The maximum Gasteiger partial charge on any atom is 0.212 e. The number of nitrogens with one attached hydrogen (secondary N) is 1. The average molecular weight is 405 g/mol. The van der Waals surface area contributed by atoms with Crippen LogP contribution in [0.1, 0.15) is 34.6 Å². The first-order chi connectivity index (χ1) is 14.5. The number of allylic oxidation sites excluding steroid dienone is 2. The first-order valence-electron chi connectivity index (χ1n) is 10.3. The lowest BCUT2D eigenvalue weighted by atomic mass is 9.89. The molecule has 0 bridgehead atoms. The summed E-state index contributed by atoms with van der Waals surface area (Å²) in [6.45, 7) is 7.50. The number of benzene rings is 2. The molecular weight excluding hydrogens is 378 g/mol. The molecule has 0 saturated carbocycles. The van der Waals surface area contributed by atoms with Crippen LogP contribution in [-0.4, -0.2) is 60.7 Å². The second kappa shape index (κ2) is 8.32. The van der Waals surface area contributed by atoms with Crippen molar-refractivity contribution < 1.29 is 14.3 Å². The predicted molar refractivity (Wildman–Crippen MR) is 117 cm³/mol. The second-order valence-electron chi connectivity index (χ2n) is 7.90. The molecule has 0 spiro atoms. The van der Waals surface area contributed by atoms with Crippen molar-refractivity contribution >= 4 is 17.3 Å². The van der Waals surface area contributed by atoms with Gasteiger partial charge in [0.2, 0.25) is 11.6 Å². The first-order valence-corrected chi connectivity index (χ1v) is 10.3. The molecule has 1 N–H and O–H groups in total. The Hall–Kier alpha value is -3.12. The highest BCUT2D eigenvalue weighted by Crippen LogP contribution is 2.30. The first kappa shape index (κ1) is 20.2. The van der Waals surface area contributed by atoms with E-state index >= 15 is 0 Å². The van der Waals surface area contributed by atoms with Crippen molar-refractivity contribution in [2.45, 2.75) is 19.9 Å². The molecule has 156 valence electrons. The Bertz CT molecular complexity index is 987. The van der Waals surface area contributed by atoms with E-state index in [2.05, 4.69) is 29.0 Å². The highest BCUT2D eigenvalue weighted by molar-refractivity contribution is 6.27. The van der Waals surface area contributed by atoms with E-state index in [0.29, 0.717) is 41.7 Å². The fraction of sp³-hybridized carbons (Fsp3) is 0.333. The van der Waals surface area contributed by atoms with Crippen LogP contribution in [0.5, 0.6) is 5.75 Å². The molecule has 6 heteroatoms. The molecule has 0 amide bonds. The molecule has 30 heavy (non-hydrogen) atoms. The van der Waals surface area contributed by atoms with Crippen LogP contribution >= 0.6 is 0 Å². The number of carbonyl (C=O) groups excluding carboxylic acids is 2. The molecule has 4 rings (SSSR count). The summed E-state index contributed by atoms with van der Waals surface area (Å²) < 4.78 is 5.22. The maximum absolute atomic E-state index is 13.5. The minimum Gasteiger partial charge on any atom is -0.497 e. The highest BCUT2D eigenvalue weighted by atomic mass is 16.5. The number of ether oxygens (including phenoxy) is 1. The smallest absolute Gasteiger partial charge is 0.212 e. The van der Waals surface area contributed by atoms with E-state index in [-0.39, 0.29) is 11.6 Å². The molecule has 2 aliphatic rings. The third-order valence-corrected chi connectivity index (χ3v) is 5.82. The number of carbonyl (C=O) groups is 2. The number of fused-ring (bicyclic) bond motifs is 1. The van der Waals surface area contributed by atoms with Crippen molar-refractivity contribution in [1.82, 2.24) is 9.80 Å². The van der Waals surface area contributed by atoms with Gasteiger partial charge in [0, 0.05) is 49.0 Å². The summed E-state index contributed by atoms with van der Waals surface area (Å²) in [5.41, 5.74) is 2.48. The number of hydrogen-bond acceptors (Lipinski definition) is 6. The summed E-state index contributed by atoms with van der Waals surface area (Å²) in [4.78, 5) is 31.3. The fourth-order valence-electron chi connectivity index (χ4n) is 4.06. The number of piperazine rings is 1. The van der Waals surface area contributed by atoms with Gasteiger partial charge in [-0.1, -0.05) is 24.3 Å². The molecule has 1 saturated heterocycles. The number of hydrogen-bond donors (Lipinski definition) is 1. The molecule has 2 aromatic carbocycles. The van der Waals surface area contributed by atoms with Gasteiger partial charge < -0.3 is 15.0 Å². The fourth-order valence-corrected chi connectivity index (χ4v) is 4.06. The van der Waals surface area contributed by atoms with Gasteiger partial charge in [-0.25, -0.2) is 0 Å². The quantitative estimate of drug-likeness (QED) is 0.823. The van der Waals surface area contributed by atoms with E-state index in [1.807, 2.05) is 24.3 Å². The molecular formula is C24H27N3O3. The number of anilines is 1. The van der Waals surface area contributed by atoms with Crippen LogP contribution in [0.15, 0.2) is 59.9 Å². The van der Waals surface area contributed by atoms with Gasteiger partial charge in [-0.15, -0.1) is 0 Å². The maximum atomic E-state index is 13.5. The van der Waals surface area contributed by atoms with Crippen LogP contribution in [-0.2, 0) is 0 Å². The Morgan fingerprint density at radius 3 is 2.03 bits per heavy atom. The van der Waals surface area contributed by atoms with Crippen molar-refractivity contribution in [1.29, 1.82) is 0 Å². The van der Waals surface area contributed by atoms with Crippen molar-refractivity contribution in [3.63, 3.8) is 0 Å². The zero-order valence-corrected chi connectivity index (χ0v) is 17.6. The van der Waals surface area contributed by atoms with Gasteiger partial charge in [0.25, 0.3) is 0 Å². The van der Waals surface area contributed by atoms with E-state index in [9.17, 15) is 9.59 Å². The normalized spacial score (nSPS) is 17.4. The summed E-state index contributed by atoms with van der Waals surface area (Å²) in [5.74, 6) is 0.484. The third-order valence-electron chi connectivity index (χ3n) is 5.82. The largest absolute Gasteiger partial charge is 0.497 e. The lowest BCUT2D eigenvalue weighted by Gasteiger charge is -2.40. The van der Waals surface area contributed by atoms with Crippen molar-refractivity contribution in [2.24, 2.45) is 0 Å². The van der Waals surface area contributed by atoms with E-state index in [4.69, 9.17) is 4.74 Å². The highest BCUT2D eigenvalue weighted by Gasteiger charge is 2.36. The lowest BCUT2D eigenvalue weighted by Crippen LogP contribution is -2.50. The number of rotatable bonds is 5. The average Bonchev–Trinajstić information content (AvgIpc) is 2.78. The van der Waals surface area contributed by atoms with E-state index < -0.39 is 0 Å². The molecule has 1 aliphatic heterocycles. The van der Waals surface area contributed by atoms with E-state index in [0.717, 1.165) is 24.5 Å².